The molecule has 0 heterocycles. The van der Waals surface area contributed by atoms with Gasteiger partial charge in [-0.05, 0) is 33.1 Å². The molecule has 1 atom stereocenters. The standard InChI is InChI=1S/C15H26O4/c1-5-7-8-9-12(14(17)18)10-11-15(3,4)19-13(16)6-2/h6,12H,2,5,7-11H2,1,3-4H3,(H,17,18). The average Bonchev–Trinajstić information content (AvgIpc) is 2.32. The Morgan fingerprint density at radius 2 is 1.95 bits per heavy atom. The topological polar surface area (TPSA) is 63.6 Å². The molecule has 0 aromatic heterocycles. The molecule has 0 aliphatic heterocycles. The maximum Gasteiger partial charge on any atom is 0.330 e. The van der Waals surface area contributed by atoms with Crippen LogP contribution >= 0.6 is 0 Å². The maximum atomic E-state index is 11.2. The number of unbranched alkanes of at least 4 members (excludes halogenated alkanes) is 2. The summed E-state index contributed by atoms with van der Waals surface area (Å²) in [6.07, 6.45) is 5.94. The lowest BCUT2D eigenvalue weighted by molar-refractivity contribution is -0.151. The number of ether oxygens (including phenoxy) is 1. The van der Waals surface area contributed by atoms with Crippen LogP contribution in [0.3, 0.4) is 0 Å². The van der Waals surface area contributed by atoms with Gasteiger partial charge in [0.25, 0.3) is 0 Å². The van der Waals surface area contributed by atoms with E-state index in [0.717, 1.165) is 25.3 Å². The van der Waals surface area contributed by atoms with E-state index in [-0.39, 0.29) is 5.92 Å². The average molecular weight is 270 g/mol. The first-order chi connectivity index (χ1) is 8.82. The van der Waals surface area contributed by atoms with Crippen LogP contribution in [0.25, 0.3) is 0 Å². The van der Waals surface area contributed by atoms with Crippen LogP contribution in [0.5, 0.6) is 0 Å². The van der Waals surface area contributed by atoms with Gasteiger partial charge in [-0.1, -0.05) is 32.8 Å². The fourth-order valence-electron chi connectivity index (χ4n) is 1.92. The smallest absolute Gasteiger partial charge is 0.330 e. The van der Waals surface area contributed by atoms with Gasteiger partial charge in [0.2, 0.25) is 0 Å². The summed E-state index contributed by atoms with van der Waals surface area (Å²) in [7, 11) is 0. The number of rotatable bonds is 10. The number of aliphatic carboxylic acids is 1. The number of carboxylic acids is 1. The predicted molar refractivity (Wildman–Crippen MR) is 74.9 cm³/mol. The lowest BCUT2D eigenvalue weighted by Gasteiger charge is -2.25. The van der Waals surface area contributed by atoms with Crippen molar-refractivity contribution >= 4 is 11.9 Å². The summed E-state index contributed by atoms with van der Waals surface area (Å²) in [5.74, 6) is -1.59. The molecule has 0 radical (unpaired) electrons. The molecule has 0 aliphatic carbocycles. The van der Waals surface area contributed by atoms with Gasteiger partial charge < -0.3 is 9.84 Å². The fraction of sp³-hybridized carbons (Fsp3) is 0.733. The lowest BCUT2D eigenvalue weighted by Crippen LogP contribution is -2.29. The van der Waals surface area contributed by atoms with Crippen LogP contribution in [-0.2, 0) is 14.3 Å². The molecule has 0 bridgehead atoms. The second-order valence-electron chi connectivity index (χ2n) is 5.45. The van der Waals surface area contributed by atoms with Crippen molar-refractivity contribution in [3.05, 3.63) is 12.7 Å². The summed E-state index contributed by atoms with van der Waals surface area (Å²) in [5, 5.41) is 9.17. The molecule has 0 fully saturated rings. The fourth-order valence-corrected chi connectivity index (χ4v) is 1.92. The molecule has 4 nitrogen and oxygen atoms in total. The molecular formula is C15H26O4. The molecule has 0 saturated heterocycles. The largest absolute Gasteiger partial charge is 0.481 e. The predicted octanol–water partition coefficient (Wildman–Crippen LogP) is 3.56. The van der Waals surface area contributed by atoms with Crippen molar-refractivity contribution in [2.75, 3.05) is 0 Å². The second kappa shape index (κ2) is 8.73. The Labute approximate surface area is 115 Å². The van der Waals surface area contributed by atoms with Crippen molar-refractivity contribution < 1.29 is 19.4 Å². The first-order valence-corrected chi connectivity index (χ1v) is 6.90. The minimum atomic E-state index is -0.762. The van der Waals surface area contributed by atoms with Crippen LogP contribution in [0.1, 0.15) is 59.3 Å². The number of hydrogen-bond donors (Lipinski definition) is 1. The zero-order valence-corrected chi connectivity index (χ0v) is 12.3. The Kier molecular flexibility index (Phi) is 8.12. The van der Waals surface area contributed by atoms with Crippen molar-refractivity contribution in [2.24, 2.45) is 5.92 Å². The molecule has 1 unspecified atom stereocenters. The molecule has 0 aromatic rings. The summed E-state index contributed by atoms with van der Waals surface area (Å²) in [6.45, 7) is 9.02. The van der Waals surface area contributed by atoms with E-state index in [0.29, 0.717) is 19.3 Å². The zero-order chi connectivity index (χ0) is 14.9. The first kappa shape index (κ1) is 17.7. The maximum absolute atomic E-state index is 11.2. The minimum Gasteiger partial charge on any atom is -0.481 e. The highest BCUT2D eigenvalue weighted by Crippen LogP contribution is 2.24. The summed E-state index contributed by atoms with van der Waals surface area (Å²) in [5.41, 5.74) is -0.649. The van der Waals surface area contributed by atoms with Gasteiger partial charge in [-0.2, -0.15) is 0 Å². The molecule has 0 amide bonds. The summed E-state index contributed by atoms with van der Waals surface area (Å²) < 4.78 is 5.19. The Bertz CT molecular complexity index is 307. The Morgan fingerprint density at radius 1 is 1.32 bits per heavy atom. The monoisotopic (exact) mass is 270 g/mol. The van der Waals surface area contributed by atoms with Gasteiger partial charge in [0.05, 0.1) is 5.92 Å². The number of esters is 1. The van der Waals surface area contributed by atoms with E-state index in [9.17, 15) is 14.7 Å². The molecule has 110 valence electrons. The molecule has 0 rings (SSSR count). The molecular weight excluding hydrogens is 244 g/mol. The molecule has 0 saturated carbocycles. The van der Waals surface area contributed by atoms with E-state index in [2.05, 4.69) is 13.5 Å². The zero-order valence-electron chi connectivity index (χ0n) is 12.3. The van der Waals surface area contributed by atoms with Gasteiger partial charge in [0.1, 0.15) is 5.60 Å². The Morgan fingerprint density at radius 3 is 2.42 bits per heavy atom. The third-order valence-corrected chi connectivity index (χ3v) is 3.14. The highest BCUT2D eigenvalue weighted by Gasteiger charge is 2.25. The van der Waals surface area contributed by atoms with Crippen LogP contribution < -0.4 is 0 Å². The summed E-state index contributed by atoms with van der Waals surface area (Å²) in [6, 6.07) is 0. The van der Waals surface area contributed by atoms with Crippen molar-refractivity contribution in [1.29, 1.82) is 0 Å². The number of hydrogen-bond acceptors (Lipinski definition) is 3. The van der Waals surface area contributed by atoms with E-state index in [1.165, 1.54) is 0 Å². The summed E-state index contributed by atoms with van der Waals surface area (Å²) in [4.78, 5) is 22.3. The molecule has 0 aromatic carbocycles. The second-order valence-corrected chi connectivity index (χ2v) is 5.45. The molecule has 0 spiro atoms. The van der Waals surface area contributed by atoms with Gasteiger partial charge in [-0.3, -0.25) is 4.79 Å². The number of carboxylic acid groups (broad SMARTS) is 1. The molecule has 4 heteroatoms. The summed E-state index contributed by atoms with van der Waals surface area (Å²) >= 11 is 0. The first-order valence-electron chi connectivity index (χ1n) is 6.90. The SMILES string of the molecule is C=CC(=O)OC(C)(C)CCC(CCCCC)C(=O)O. The minimum absolute atomic E-state index is 0.353. The highest BCUT2D eigenvalue weighted by molar-refractivity contribution is 5.81. The van der Waals surface area contributed by atoms with Crippen LogP contribution in [-0.4, -0.2) is 22.6 Å². The van der Waals surface area contributed by atoms with Crippen molar-refractivity contribution in [2.45, 2.75) is 64.9 Å². The van der Waals surface area contributed by atoms with Crippen LogP contribution in [0, 0.1) is 5.92 Å². The van der Waals surface area contributed by atoms with E-state index < -0.39 is 17.5 Å². The van der Waals surface area contributed by atoms with Gasteiger partial charge in [-0.25, -0.2) is 4.79 Å². The van der Waals surface area contributed by atoms with Gasteiger partial charge in [0, 0.05) is 6.08 Å². The third-order valence-electron chi connectivity index (χ3n) is 3.14. The van der Waals surface area contributed by atoms with Crippen LogP contribution in [0.4, 0.5) is 0 Å². The Balaban J connectivity index is 4.25. The van der Waals surface area contributed by atoms with Gasteiger partial charge in [-0.15, -0.1) is 0 Å². The molecule has 1 N–H and O–H groups in total. The van der Waals surface area contributed by atoms with Crippen LogP contribution in [0.15, 0.2) is 12.7 Å². The van der Waals surface area contributed by atoms with Gasteiger partial charge in [0.15, 0.2) is 0 Å². The number of carbonyl (C=O) groups excluding carboxylic acids is 1. The normalized spacial score (nSPS) is 12.8. The van der Waals surface area contributed by atoms with Gasteiger partial charge >= 0.3 is 11.9 Å². The number of carbonyl (C=O) groups is 2. The Hall–Kier alpha value is -1.32. The van der Waals surface area contributed by atoms with E-state index in [1.54, 1.807) is 13.8 Å². The quantitative estimate of drug-likeness (QED) is 0.374. The lowest BCUT2D eigenvalue weighted by atomic mass is 9.91. The molecule has 19 heavy (non-hydrogen) atoms. The van der Waals surface area contributed by atoms with E-state index >= 15 is 0 Å². The van der Waals surface area contributed by atoms with E-state index in [4.69, 9.17) is 4.74 Å². The van der Waals surface area contributed by atoms with E-state index in [1.807, 2.05) is 0 Å². The van der Waals surface area contributed by atoms with Crippen molar-refractivity contribution in [3.8, 4) is 0 Å². The molecule has 0 aliphatic rings. The van der Waals surface area contributed by atoms with Crippen molar-refractivity contribution in [3.63, 3.8) is 0 Å². The third kappa shape index (κ3) is 8.41. The van der Waals surface area contributed by atoms with Crippen molar-refractivity contribution in [1.82, 2.24) is 0 Å². The highest BCUT2D eigenvalue weighted by atomic mass is 16.6. The van der Waals surface area contributed by atoms with Crippen LogP contribution in [0.2, 0.25) is 0 Å².